The number of hydrogen-bond donors (Lipinski definition) is 0. The van der Waals surface area contributed by atoms with Crippen molar-refractivity contribution in [2.75, 3.05) is 0 Å². The zero-order valence-electron chi connectivity index (χ0n) is 15.5. The van der Waals surface area contributed by atoms with Crippen LogP contribution >= 0.6 is 0 Å². The van der Waals surface area contributed by atoms with Crippen LogP contribution in [0.2, 0.25) is 46.2 Å². The molecule has 0 bridgehead atoms. The Morgan fingerprint density at radius 2 is 0.783 bits per heavy atom. The molecule has 1 spiro atoms. The molecule has 0 aromatic rings. The quantitative estimate of drug-likeness (QED) is 0.387. The Morgan fingerprint density at radius 3 is 0.957 bits per heavy atom. The molecule has 1 heteroatoms. The number of rotatable bonds is 8. The van der Waals surface area contributed by atoms with Gasteiger partial charge in [0, 0.05) is 0 Å². The Morgan fingerprint density at radius 1 is 0.522 bits per heavy atom. The topological polar surface area (TPSA) is 0 Å². The normalized spacial score (nSPS) is 101. The van der Waals surface area contributed by atoms with E-state index in [1.807, 2.05) is 0 Å². The third kappa shape index (κ3) is 0.130. The third-order valence-corrected chi connectivity index (χ3v) is 65.1. The van der Waals surface area contributed by atoms with Gasteiger partial charge in [0.1, 0.15) is 0 Å². The maximum absolute atomic E-state index is 3.31. The Kier molecular flexibility index (Phi) is 0.560. The molecule has 8 unspecified atom stereocenters. The molecule has 23 heavy (non-hydrogen) atoms. The molecule has 0 aromatic heterocycles. The molecule has 0 aromatic carbocycles. The number of hydrogen-bond acceptors (Lipinski definition) is 0. The first-order valence-corrected chi connectivity index (χ1v) is 17.2. The molecule has 0 N–H and O–H groups in total. The van der Waals surface area contributed by atoms with Crippen LogP contribution in [0.1, 0.15) is 79.1 Å². The fourth-order valence-corrected chi connectivity index (χ4v) is 108. The van der Waals surface area contributed by atoms with E-state index in [-0.39, 0.29) is 0 Å². The van der Waals surface area contributed by atoms with Crippen molar-refractivity contribution in [3.05, 3.63) is 0 Å². The molecule has 10 rings (SSSR count). The summed E-state index contributed by atoms with van der Waals surface area (Å²) in [6, 6.07) is 0. The van der Waals surface area contributed by atoms with Crippen molar-refractivity contribution >= 4 is 0 Å². The van der Waals surface area contributed by atoms with Gasteiger partial charge in [0.2, 0.25) is 0 Å². The minimum absolute atomic E-state index is 1.12. The van der Waals surface area contributed by atoms with Crippen LogP contribution in [0.15, 0.2) is 0 Å². The van der Waals surface area contributed by atoms with Crippen molar-refractivity contribution in [2.45, 2.75) is 125 Å². The van der Waals surface area contributed by atoms with Crippen LogP contribution in [-0.2, 0) is 6.51 Å². The standard InChI is InChI=1S/2C11H17.Fe/c2*1-3-6-10-8-5-9-11(10)7-4-2;/h2*5,8-9H,3-4,6-7H2,1-2H3;. The molecule has 130 valence electrons. The summed E-state index contributed by atoms with van der Waals surface area (Å²) < 4.78 is 4.47. The van der Waals surface area contributed by atoms with Crippen LogP contribution in [0, 0.1) is 0 Å². The van der Waals surface area contributed by atoms with Gasteiger partial charge in [0.05, 0.1) is 0 Å². The van der Waals surface area contributed by atoms with Crippen LogP contribution in [0.25, 0.3) is 0 Å². The first-order chi connectivity index (χ1) is 11.0. The zero-order chi connectivity index (χ0) is 15.4. The Hall–Kier alpha value is 0.519. The van der Waals surface area contributed by atoms with E-state index in [1.165, 1.54) is 54.6 Å². The van der Waals surface area contributed by atoms with Gasteiger partial charge in [0.15, 0.2) is 0 Å². The maximum atomic E-state index is 2.55. The second-order valence-corrected chi connectivity index (χ2v) is 36.5. The van der Waals surface area contributed by atoms with Crippen LogP contribution in [0.4, 0.5) is 0 Å². The van der Waals surface area contributed by atoms with Crippen molar-refractivity contribution in [3.63, 3.8) is 0 Å². The molecule has 0 saturated carbocycles. The molecule has 0 aliphatic carbocycles. The fraction of sp³-hybridized carbons (Fsp3) is 1.00. The molecule has 0 nitrogen and oxygen atoms in total. The van der Waals surface area contributed by atoms with Crippen molar-refractivity contribution in [3.8, 4) is 0 Å². The molecule has 0 radical (unpaired) electrons. The Bertz CT molecular complexity index is 1010. The van der Waals surface area contributed by atoms with E-state index in [1.54, 1.807) is 25.7 Å². The fourth-order valence-electron chi connectivity index (χ4n) is 23.5. The summed E-state index contributed by atoms with van der Waals surface area (Å²) in [5.41, 5.74) is 0. The van der Waals surface area contributed by atoms with Crippen molar-refractivity contribution in [2.24, 2.45) is 0 Å². The summed E-state index contributed by atoms with van der Waals surface area (Å²) in [7, 11) is 0. The molecule has 10 saturated heterocycles. The van der Waals surface area contributed by atoms with E-state index in [0.29, 0.717) is 0 Å². The van der Waals surface area contributed by atoms with Gasteiger partial charge in [-0.1, -0.05) is 0 Å². The first kappa shape index (κ1) is 11.3. The molecular weight excluding hydrogens is 320 g/mol. The average molecular weight is 354 g/mol. The monoisotopic (exact) mass is 354 g/mol. The summed E-state index contributed by atoms with van der Waals surface area (Å²) in [6.07, 6.45) is 13.1. The van der Waals surface area contributed by atoms with E-state index < -0.39 is 6.51 Å². The molecule has 10 heterocycles. The van der Waals surface area contributed by atoms with E-state index in [9.17, 15) is 0 Å². The van der Waals surface area contributed by atoms with Gasteiger partial charge in [-0.05, 0) is 0 Å². The van der Waals surface area contributed by atoms with Gasteiger partial charge >= 0.3 is 132 Å². The summed E-state index contributed by atoms with van der Waals surface area (Å²) >= 11 is 0. The molecular formula is C22H34Fe. The van der Waals surface area contributed by atoms with Crippen LogP contribution in [-0.4, -0.2) is 0 Å². The van der Waals surface area contributed by atoms with Gasteiger partial charge < -0.3 is 0 Å². The molecule has 10 aliphatic rings. The van der Waals surface area contributed by atoms with Gasteiger partial charge in [0.25, 0.3) is 0 Å². The molecule has 0 amide bonds. The van der Waals surface area contributed by atoms with E-state index >= 15 is 0 Å². The van der Waals surface area contributed by atoms with Crippen molar-refractivity contribution < 1.29 is 6.51 Å². The molecule has 10 aliphatic heterocycles. The predicted molar refractivity (Wildman–Crippen MR) is 92.9 cm³/mol. The minimum atomic E-state index is -3.31. The van der Waals surface area contributed by atoms with E-state index in [4.69, 9.17) is 0 Å². The average Bonchev–Trinajstić information content (AvgIpc) is 3.48. The van der Waals surface area contributed by atoms with Crippen LogP contribution < -0.4 is 0 Å². The van der Waals surface area contributed by atoms with Crippen molar-refractivity contribution in [1.82, 2.24) is 0 Å². The summed E-state index contributed by atoms with van der Waals surface area (Å²) in [6.45, 7) is 6.88. The molecule has 8 atom stereocenters. The summed E-state index contributed by atoms with van der Waals surface area (Å²) in [5.74, 6) is 0. The molecule has 10 fully saturated rings. The number of fused-ring (bicyclic) bond motifs is 10. The third-order valence-electron chi connectivity index (χ3n) is 18.9. The van der Waals surface area contributed by atoms with Crippen molar-refractivity contribution in [1.29, 1.82) is 0 Å². The summed E-state index contributed by atoms with van der Waals surface area (Å²) in [4.78, 5) is 8.88. The summed E-state index contributed by atoms with van der Waals surface area (Å²) in [5, 5.41) is 0. The predicted octanol–water partition coefficient (Wildman–Crippen LogP) is 8.06. The van der Waals surface area contributed by atoms with Gasteiger partial charge in [-0.25, -0.2) is 0 Å². The van der Waals surface area contributed by atoms with E-state index in [2.05, 4.69) is 27.7 Å². The Balaban J connectivity index is 1.48. The first-order valence-electron chi connectivity index (χ1n) is 11.2. The SMILES string of the molecule is CCC[C]12[CH]3[CH]4[CH]5[C]1(CCC)[Fe]43521678[CH]2[CH]1[C]6(CCC)[C]7(CCC)[CH]28. The van der Waals surface area contributed by atoms with Gasteiger partial charge in [-0.3, -0.25) is 0 Å². The zero-order valence-corrected chi connectivity index (χ0v) is 16.6. The van der Waals surface area contributed by atoms with Crippen LogP contribution in [0.5, 0.6) is 0 Å². The Labute approximate surface area is 131 Å². The van der Waals surface area contributed by atoms with Crippen LogP contribution in [0.3, 0.4) is 0 Å². The second-order valence-electron chi connectivity index (χ2n) is 13.5. The van der Waals surface area contributed by atoms with Gasteiger partial charge in [-0.15, -0.1) is 0 Å². The van der Waals surface area contributed by atoms with E-state index in [0.717, 1.165) is 17.3 Å². The van der Waals surface area contributed by atoms with Gasteiger partial charge in [-0.2, -0.15) is 0 Å². The second kappa shape index (κ2) is 1.14.